The van der Waals surface area contributed by atoms with E-state index in [4.69, 9.17) is 8.94 Å². The van der Waals surface area contributed by atoms with Crippen LogP contribution in [-0.4, -0.2) is 16.0 Å². The molecule has 2 heterocycles. The standard InChI is InChI=1S/C15H13N3O3/c1-8-16-11-6-10(4-5-13(11)20-8)17-15(19)12-7-14(21-18-12)9-2-3-9/h4-7,9H,2-3H2,1H3,(H,17,19). The van der Waals surface area contributed by atoms with E-state index in [1.54, 1.807) is 31.2 Å². The van der Waals surface area contributed by atoms with E-state index in [0.29, 0.717) is 34.3 Å². The van der Waals surface area contributed by atoms with Crippen molar-refractivity contribution in [1.29, 1.82) is 0 Å². The fraction of sp³-hybridized carbons (Fsp3) is 0.267. The fourth-order valence-corrected chi connectivity index (χ4v) is 2.27. The molecule has 0 aliphatic heterocycles. The molecule has 4 rings (SSSR count). The fourth-order valence-electron chi connectivity index (χ4n) is 2.27. The monoisotopic (exact) mass is 283 g/mol. The number of hydrogen-bond donors (Lipinski definition) is 1. The normalized spacial score (nSPS) is 14.5. The van der Waals surface area contributed by atoms with Crippen molar-refractivity contribution in [2.24, 2.45) is 0 Å². The van der Waals surface area contributed by atoms with Crippen molar-refractivity contribution in [3.63, 3.8) is 0 Å². The van der Waals surface area contributed by atoms with Crippen LogP contribution in [0.4, 0.5) is 5.69 Å². The molecule has 1 aromatic carbocycles. The SMILES string of the molecule is Cc1nc2cc(NC(=O)c3cc(C4CC4)on3)ccc2o1. The highest BCUT2D eigenvalue weighted by Crippen LogP contribution is 2.40. The van der Waals surface area contributed by atoms with Crippen molar-refractivity contribution in [1.82, 2.24) is 10.1 Å². The molecule has 0 saturated heterocycles. The summed E-state index contributed by atoms with van der Waals surface area (Å²) in [5.41, 5.74) is 2.36. The zero-order valence-corrected chi connectivity index (χ0v) is 11.4. The Kier molecular flexibility index (Phi) is 2.57. The molecule has 0 spiro atoms. The number of aryl methyl sites for hydroxylation is 1. The summed E-state index contributed by atoms with van der Waals surface area (Å²) >= 11 is 0. The number of fused-ring (bicyclic) bond motifs is 1. The number of rotatable bonds is 3. The molecule has 2 aromatic heterocycles. The Balaban J connectivity index is 1.55. The molecule has 1 N–H and O–H groups in total. The van der Waals surface area contributed by atoms with E-state index < -0.39 is 0 Å². The maximum Gasteiger partial charge on any atom is 0.277 e. The largest absolute Gasteiger partial charge is 0.441 e. The number of anilines is 1. The molecule has 1 saturated carbocycles. The smallest absolute Gasteiger partial charge is 0.277 e. The number of carbonyl (C=O) groups is 1. The Morgan fingerprint density at radius 3 is 3.00 bits per heavy atom. The first-order chi connectivity index (χ1) is 10.2. The molecule has 3 aromatic rings. The molecule has 0 unspecified atom stereocenters. The minimum atomic E-state index is -0.287. The van der Waals surface area contributed by atoms with Crippen LogP contribution < -0.4 is 5.32 Å². The molecule has 6 nitrogen and oxygen atoms in total. The molecule has 1 amide bonds. The molecule has 1 fully saturated rings. The van der Waals surface area contributed by atoms with E-state index in [1.165, 1.54) is 0 Å². The summed E-state index contributed by atoms with van der Waals surface area (Å²) in [5, 5.41) is 6.61. The lowest BCUT2D eigenvalue weighted by atomic mass is 10.2. The lowest BCUT2D eigenvalue weighted by Gasteiger charge is -2.01. The lowest BCUT2D eigenvalue weighted by molar-refractivity contribution is 0.101. The van der Waals surface area contributed by atoms with E-state index in [0.717, 1.165) is 18.6 Å². The number of hydrogen-bond acceptors (Lipinski definition) is 5. The van der Waals surface area contributed by atoms with Crippen molar-refractivity contribution >= 4 is 22.7 Å². The maximum absolute atomic E-state index is 12.1. The van der Waals surface area contributed by atoms with Crippen molar-refractivity contribution in [3.8, 4) is 0 Å². The topological polar surface area (TPSA) is 81.2 Å². The third kappa shape index (κ3) is 2.29. The first-order valence-corrected chi connectivity index (χ1v) is 6.84. The molecule has 0 atom stereocenters. The highest BCUT2D eigenvalue weighted by Gasteiger charge is 2.28. The summed E-state index contributed by atoms with van der Waals surface area (Å²) in [6, 6.07) is 7.04. The van der Waals surface area contributed by atoms with Gasteiger partial charge in [-0.25, -0.2) is 4.98 Å². The summed E-state index contributed by atoms with van der Waals surface area (Å²) in [6.07, 6.45) is 2.22. The van der Waals surface area contributed by atoms with Gasteiger partial charge in [0.15, 0.2) is 17.2 Å². The van der Waals surface area contributed by atoms with Gasteiger partial charge in [-0.1, -0.05) is 5.16 Å². The van der Waals surface area contributed by atoms with Gasteiger partial charge in [-0.3, -0.25) is 4.79 Å². The predicted octanol–water partition coefficient (Wildman–Crippen LogP) is 3.25. The number of carbonyl (C=O) groups excluding carboxylic acids is 1. The van der Waals surface area contributed by atoms with Gasteiger partial charge in [0.1, 0.15) is 11.3 Å². The zero-order chi connectivity index (χ0) is 14.4. The minimum absolute atomic E-state index is 0.287. The third-order valence-corrected chi connectivity index (χ3v) is 3.49. The predicted molar refractivity (Wildman–Crippen MR) is 75.2 cm³/mol. The van der Waals surface area contributed by atoms with E-state index in [1.807, 2.05) is 0 Å². The first kappa shape index (κ1) is 12.1. The summed E-state index contributed by atoms with van der Waals surface area (Å²) < 4.78 is 10.6. The van der Waals surface area contributed by atoms with Crippen LogP contribution in [0.2, 0.25) is 0 Å². The maximum atomic E-state index is 12.1. The molecule has 1 aliphatic rings. The van der Waals surface area contributed by atoms with Crippen LogP contribution in [0.15, 0.2) is 33.2 Å². The lowest BCUT2D eigenvalue weighted by Crippen LogP contribution is -2.12. The van der Waals surface area contributed by atoms with Crippen LogP contribution >= 0.6 is 0 Å². The molecule has 106 valence electrons. The van der Waals surface area contributed by atoms with E-state index in [2.05, 4.69) is 15.5 Å². The average Bonchev–Trinajstić information content (AvgIpc) is 3.06. The van der Waals surface area contributed by atoms with E-state index in [-0.39, 0.29) is 5.91 Å². The van der Waals surface area contributed by atoms with Gasteiger partial charge in [0, 0.05) is 24.6 Å². The summed E-state index contributed by atoms with van der Waals surface area (Å²) in [7, 11) is 0. The average molecular weight is 283 g/mol. The highest BCUT2D eigenvalue weighted by molar-refractivity contribution is 6.03. The van der Waals surface area contributed by atoms with E-state index in [9.17, 15) is 4.79 Å². The Labute approximate surface area is 120 Å². The van der Waals surface area contributed by atoms with Gasteiger partial charge in [0.05, 0.1) is 0 Å². The van der Waals surface area contributed by atoms with Gasteiger partial charge in [-0.05, 0) is 31.0 Å². The molecule has 6 heteroatoms. The van der Waals surface area contributed by atoms with Gasteiger partial charge in [-0.2, -0.15) is 0 Å². The number of nitrogens with zero attached hydrogens (tertiary/aromatic N) is 2. The number of oxazole rings is 1. The van der Waals surface area contributed by atoms with Crippen LogP contribution in [-0.2, 0) is 0 Å². The Morgan fingerprint density at radius 2 is 2.19 bits per heavy atom. The summed E-state index contributed by atoms with van der Waals surface area (Å²) in [6.45, 7) is 1.78. The number of aromatic nitrogens is 2. The van der Waals surface area contributed by atoms with Crippen molar-refractivity contribution in [2.75, 3.05) is 5.32 Å². The number of benzene rings is 1. The van der Waals surface area contributed by atoms with Crippen LogP contribution in [0.1, 0.15) is 40.9 Å². The second-order valence-electron chi connectivity index (χ2n) is 5.26. The Bertz CT molecular complexity index is 830. The van der Waals surface area contributed by atoms with Crippen LogP contribution in [0, 0.1) is 6.92 Å². The molecular formula is C15H13N3O3. The van der Waals surface area contributed by atoms with Crippen molar-refractivity contribution in [2.45, 2.75) is 25.7 Å². The highest BCUT2D eigenvalue weighted by atomic mass is 16.5. The first-order valence-electron chi connectivity index (χ1n) is 6.84. The van der Waals surface area contributed by atoms with Gasteiger partial charge < -0.3 is 14.3 Å². The molecule has 21 heavy (non-hydrogen) atoms. The molecule has 0 bridgehead atoms. The molecular weight excluding hydrogens is 270 g/mol. The molecule has 1 aliphatic carbocycles. The quantitative estimate of drug-likeness (QED) is 0.798. The minimum Gasteiger partial charge on any atom is -0.441 e. The zero-order valence-electron chi connectivity index (χ0n) is 11.4. The van der Waals surface area contributed by atoms with Crippen LogP contribution in [0.3, 0.4) is 0 Å². The van der Waals surface area contributed by atoms with Crippen molar-refractivity contribution < 1.29 is 13.7 Å². The third-order valence-electron chi connectivity index (χ3n) is 3.49. The van der Waals surface area contributed by atoms with Gasteiger partial charge in [0.25, 0.3) is 5.91 Å². The second kappa shape index (κ2) is 4.44. The Morgan fingerprint density at radius 1 is 1.33 bits per heavy atom. The number of nitrogens with one attached hydrogen (secondary N) is 1. The summed E-state index contributed by atoms with van der Waals surface area (Å²) in [5.74, 6) is 1.54. The van der Waals surface area contributed by atoms with Crippen LogP contribution in [0.25, 0.3) is 11.1 Å². The summed E-state index contributed by atoms with van der Waals surface area (Å²) in [4.78, 5) is 16.4. The Hall–Kier alpha value is -2.63. The van der Waals surface area contributed by atoms with Gasteiger partial charge in [0.2, 0.25) is 0 Å². The van der Waals surface area contributed by atoms with Crippen molar-refractivity contribution in [3.05, 3.63) is 41.6 Å². The van der Waals surface area contributed by atoms with E-state index >= 15 is 0 Å². The van der Waals surface area contributed by atoms with Gasteiger partial charge in [-0.15, -0.1) is 0 Å². The molecule has 0 radical (unpaired) electrons. The second-order valence-corrected chi connectivity index (χ2v) is 5.26. The van der Waals surface area contributed by atoms with Crippen LogP contribution in [0.5, 0.6) is 0 Å². The van der Waals surface area contributed by atoms with Gasteiger partial charge >= 0.3 is 0 Å². The number of amides is 1.